The summed E-state index contributed by atoms with van der Waals surface area (Å²) in [5, 5.41) is 16.4. The molecule has 0 N–H and O–H groups in total. The summed E-state index contributed by atoms with van der Waals surface area (Å²) in [6, 6.07) is 17.6. The van der Waals surface area contributed by atoms with E-state index >= 15 is 0 Å². The lowest BCUT2D eigenvalue weighted by atomic mass is 9.99. The van der Waals surface area contributed by atoms with Crippen LogP contribution >= 0.6 is 0 Å². The van der Waals surface area contributed by atoms with E-state index in [9.17, 15) is 5.26 Å². The van der Waals surface area contributed by atoms with Gasteiger partial charge in [-0.3, -0.25) is 5.01 Å². The van der Waals surface area contributed by atoms with E-state index in [0.29, 0.717) is 11.5 Å². The number of hydrazone groups is 1. The van der Waals surface area contributed by atoms with Crippen molar-refractivity contribution in [3.63, 3.8) is 0 Å². The molecule has 2 atom stereocenters. The van der Waals surface area contributed by atoms with Gasteiger partial charge in [0, 0.05) is 23.8 Å². The molecule has 3 rings (SSSR count). The molecule has 0 bridgehead atoms. The van der Waals surface area contributed by atoms with E-state index in [0.717, 1.165) is 23.3 Å². The van der Waals surface area contributed by atoms with Crippen LogP contribution in [0.3, 0.4) is 0 Å². The molecular weight excluding hydrogens is 314 g/mol. The second-order valence-corrected chi connectivity index (χ2v) is 5.99. The van der Waals surface area contributed by atoms with Gasteiger partial charge in [-0.15, -0.1) is 0 Å². The summed E-state index contributed by atoms with van der Waals surface area (Å²) < 4.78 is 10.7. The number of rotatable bonds is 5. The Morgan fingerprint density at radius 2 is 1.92 bits per heavy atom. The van der Waals surface area contributed by atoms with Gasteiger partial charge in [-0.25, -0.2) is 0 Å². The van der Waals surface area contributed by atoms with Gasteiger partial charge in [0.2, 0.25) is 0 Å². The number of benzene rings is 2. The van der Waals surface area contributed by atoms with E-state index in [2.05, 4.69) is 23.3 Å². The lowest BCUT2D eigenvalue weighted by molar-refractivity contribution is 0.193. The zero-order chi connectivity index (χ0) is 17.8. The molecular formula is C20H21N3O2. The molecule has 2 aromatic rings. The van der Waals surface area contributed by atoms with Crippen LogP contribution in [0.4, 0.5) is 0 Å². The first kappa shape index (κ1) is 16.8. The molecule has 0 saturated heterocycles. The van der Waals surface area contributed by atoms with E-state index in [1.54, 1.807) is 20.3 Å². The van der Waals surface area contributed by atoms with Crippen molar-refractivity contribution in [1.82, 2.24) is 5.01 Å². The van der Waals surface area contributed by atoms with Gasteiger partial charge in [-0.2, -0.15) is 10.4 Å². The molecule has 5 nitrogen and oxygen atoms in total. The number of methoxy groups -OCH3 is 2. The van der Waals surface area contributed by atoms with Crippen LogP contribution in [0.1, 0.15) is 36.6 Å². The maximum atomic E-state index is 9.89. The van der Waals surface area contributed by atoms with E-state index < -0.39 is 6.04 Å². The predicted octanol–water partition coefficient (Wildman–Crippen LogP) is 4.09. The number of hydrogen-bond acceptors (Lipinski definition) is 5. The van der Waals surface area contributed by atoms with Crippen LogP contribution in [0.2, 0.25) is 0 Å². The van der Waals surface area contributed by atoms with Crippen LogP contribution in [0.25, 0.3) is 0 Å². The largest absolute Gasteiger partial charge is 0.497 e. The normalized spacial score (nSPS) is 17.6. The standard InChI is InChI=1S/C20H21N3O2/c1-14-11-18(15-7-5-4-6-8-15)23(22-14)19(13-21)17-10-9-16(24-2)12-20(17)25-3/h4-10,12,18-19H,11H2,1-3H3. The van der Waals surface area contributed by atoms with Crippen LogP contribution < -0.4 is 9.47 Å². The van der Waals surface area contributed by atoms with Crippen molar-refractivity contribution in [3.05, 3.63) is 59.7 Å². The highest BCUT2D eigenvalue weighted by Gasteiger charge is 2.34. The van der Waals surface area contributed by atoms with Gasteiger partial charge in [0.25, 0.3) is 0 Å². The molecule has 25 heavy (non-hydrogen) atoms. The second-order valence-electron chi connectivity index (χ2n) is 5.99. The molecule has 2 unspecified atom stereocenters. The lowest BCUT2D eigenvalue weighted by Crippen LogP contribution is -2.24. The summed E-state index contributed by atoms with van der Waals surface area (Å²) in [4.78, 5) is 0. The molecule has 0 fully saturated rings. The molecule has 0 aliphatic carbocycles. The summed E-state index contributed by atoms with van der Waals surface area (Å²) in [5.74, 6) is 1.32. The second kappa shape index (κ2) is 7.27. The Balaban J connectivity index is 2.01. The summed E-state index contributed by atoms with van der Waals surface area (Å²) in [6.45, 7) is 2.00. The third-order valence-electron chi connectivity index (χ3n) is 4.40. The van der Waals surface area contributed by atoms with E-state index in [-0.39, 0.29) is 6.04 Å². The first-order valence-electron chi connectivity index (χ1n) is 8.16. The van der Waals surface area contributed by atoms with Crippen LogP contribution in [-0.2, 0) is 0 Å². The minimum absolute atomic E-state index is 0.0395. The monoisotopic (exact) mass is 335 g/mol. The molecule has 0 saturated carbocycles. The molecule has 0 radical (unpaired) electrons. The van der Waals surface area contributed by atoms with Crippen molar-refractivity contribution in [2.75, 3.05) is 14.2 Å². The van der Waals surface area contributed by atoms with Gasteiger partial charge < -0.3 is 9.47 Å². The first-order valence-corrected chi connectivity index (χ1v) is 8.16. The van der Waals surface area contributed by atoms with Crippen molar-refractivity contribution in [2.45, 2.75) is 25.4 Å². The van der Waals surface area contributed by atoms with E-state index in [4.69, 9.17) is 9.47 Å². The molecule has 0 amide bonds. The van der Waals surface area contributed by atoms with Crippen molar-refractivity contribution in [3.8, 4) is 17.6 Å². The number of hydrogen-bond donors (Lipinski definition) is 0. The van der Waals surface area contributed by atoms with Gasteiger partial charge in [0.15, 0.2) is 6.04 Å². The lowest BCUT2D eigenvalue weighted by Gasteiger charge is -2.29. The highest BCUT2D eigenvalue weighted by molar-refractivity contribution is 5.84. The van der Waals surface area contributed by atoms with Crippen molar-refractivity contribution < 1.29 is 9.47 Å². The topological polar surface area (TPSA) is 57.8 Å². The molecule has 0 aromatic heterocycles. The Hall–Kier alpha value is -3.00. The maximum Gasteiger partial charge on any atom is 0.162 e. The van der Waals surface area contributed by atoms with Crippen LogP contribution in [0.5, 0.6) is 11.5 Å². The average Bonchev–Trinajstić information content (AvgIpc) is 3.04. The Morgan fingerprint density at radius 3 is 2.56 bits per heavy atom. The quantitative estimate of drug-likeness (QED) is 0.826. The molecule has 1 heterocycles. The van der Waals surface area contributed by atoms with Crippen LogP contribution in [0, 0.1) is 11.3 Å². The number of nitrogens with zero attached hydrogens (tertiary/aromatic N) is 3. The van der Waals surface area contributed by atoms with E-state index in [1.165, 1.54) is 0 Å². The first-order chi connectivity index (χ1) is 12.2. The highest BCUT2D eigenvalue weighted by atomic mass is 16.5. The third-order valence-corrected chi connectivity index (χ3v) is 4.40. The summed E-state index contributed by atoms with van der Waals surface area (Å²) in [7, 11) is 3.20. The van der Waals surface area contributed by atoms with Gasteiger partial charge in [-0.05, 0) is 24.6 Å². The average molecular weight is 335 g/mol. The van der Waals surface area contributed by atoms with Crippen molar-refractivity contribution in [2.24, 2.45) is 5.10 Å². The molecule has 1 aliphatic heterocycles. The summed E-state index contributed by atoms with van der Waals surface area (Å²) in [6.07, 6.45) is 0.806. The van der Waals surface area contributed by atoms with Crippen molar-refractivity contribution in [1.29, 1.82) is 5.26 Å². The maximum absolute atomic E-state index is 9.89. The van der Waals surface area contributed by atoms with Crippen molar-refractivity contribution >= 4 is 5.71 Å². The van der Waals surface area contributed by atoms with Crippen LogP contribution in [-0.4, -0.2) is 24.9 Å². The Morgan fingerprint density at radius 1 is 1.16 bits per heavy atom. The molecule has 5 heteroatoms. The summed E-state index contributed by atoms with van der Waals surface area (Å²) in [5.41, 5.74) is 2.95. The Bertz CT molecular complexity index is 811. The highest BCUT2D eigenvalue weighted by Crippen LogP contribution is 2.40. The molecule has 2 aromatic carbocycles. The van der Waals surface area contributed by atoms with Gasteiger partial charge >= 0.3 is 0 Å². The Kier molecular flexibility index (Phi) is 4.90. The summed E-state index contributed by atoms with van der Waals surface area (Å²) >= 11 is 0. The minimum atomic E-state index is -0.538. The third kappa shape index (κ3) is 3.29. The fourth-order valence-corrected chi connectivity index (χ4v) is 3.18. The molecule has 0 spiro atoms. The Labute approximate surface area is 148 Å². The fourth-order valence-electron chi connectivity index (χ4n) is 3.18. The van der Waals surface area contributed by atoms with Gasteiger partial charge in [0.05, 0.1) is 26.3 Å². The minimum Gasteiger partial charge on any atom is -0.497 e. The molecule has 1 aliphatic rings. The molecule has 128 valence electrons. The zero-order valence-electron chi connectivity index (χ0n) is 14.6. The fraction of sp³-hybridized carbons (Fsp3) is 0.300. The predicted molar refractivity (Wildman–Crippen MR) is 96.6 cm³/mol. The number of ether oxygens (including phenoxy) is 2. The zero-order valence-corrected chi connectivity index (χ0v) is 14.6. The van der Waals surface area contributed by atoms with Crippen LogP contribution in [0.15, 0.2) is 53.6 Å². The van der Waals surface area contributed by atoms with Gasteiger partial charge in [0.1, 0.15) is 11.5 Å². The van der Waals surface area contributed by atoms with Gasteiger partial charge in [-0.1, -0.05) is 30.3 Å². The van der Waals surface area contributed by atoms with E-state index in [1.807, 2.05) is 42.3 Å². The SMILES string of the molecule is COc1ccc(C(C#N)N2N=C(C)CC2c2ccccc2)c(OC)c1. The number of nitriles is 1. The smallest absolute Gasteiger partial charge is 0.162 e.